The van der Waals surface area contributed by atoms with E-state index in [9.17, 15) is 4.79 Å². The Morgan fingerprint density at radius 1 is 1.29 bits per heavy atom. The molecule has 2 bridgehead atoms. The number of rotatable bonds is 9. The van der Waals surface area contributed by atoms with Gasteiger partial charge in [0.25, 0.3) is 0 Å². The minimum atomic E-state index is -0.306. The van der Waals surface area contributed by atoms with Crippen LogP contribution in [-0.4, -0.2) is 38.8 Å². The van der Waals surface area contributed by atoms with Crippen molar-refractivity contribution in [1.29, 1.82) is 0 Å². The van der Waals surface area contributed by atoms with E-state index in [2.05, 4.69) is 43.9 Å². The Morgan fingerprint density at radius 2 is 2.15 bits per heavy atom. The van der Waals surface area contributed by atoms with Crippen LogP contribution in [0.3, 0.4) is 0 Å². The summed E-state index contributed by atoms with van der Waals surface area (Å²) in [6.07, 6.45) is 11.1. The number of aryl methyl sites for hydroxylation is 2. The lowest BCUT2D eigenvalue weighted by atomic mass is 9.88. The predicted molar refractivity (Wildman–Crippen MR) is 130 cm³/mol. The number of primary amides is 1. The predicted octanol–water partition coefficient (Wildman–Crippen LogP) is 3.41. The Bertz CT molecular complexity index is 1230. The third-order valence-corrected chi connectivity index (χ3v) is 6.76. The monoisotopic (exact) mass is 479 g/mol. The van der Waals surface area contributed by atoms with Gasteiger partial charge >= 0.3 is 0 Å². The van der Waals surface area contributed by atoms with E-state index in [1.807, 2.05) is 29.1 Å². The molecule has 0 saturated heterocycles. The topological polar surface area (TPSA) is 120 Å². The van der Waals surface area contributed by atoms with Gasteiger partial charge in [0.05, 0.1) is 31.1 Å². The summed E-state index contributed by atoms with van der Waals surface area (Å²) >= 11 is 6.36. The second-order valence-electron chi connectivity index (χ2n) is 8.66. The molecule has 34 heavy (non-hydrogen) atoms. The molecule has 0 aliphatic heterocycles. The number of carbonyl (C=O) groups is 1. The third-order valence-electron chi connectivity index (χ3n) is 6.49. The molecular weight excluding hydrogens is 454 g/mol. The number of anilines is 3. The van der Waals surface area contributed by atoms with Crippen LogP contribution in [0.5, 0.6) is 5.75 Å². The average Bonchev–Trinajstić information content (AvgIpc) is 3.57. The van der Waals surface area contributed by atoms with Gasteiger partial charge in [-0.25, -0.2) is 4.98 Å². The first-order chi connectivity index (χ1) is 16.5. The molecule has 1 saturated carbocycles. The van der Waals surface area contributed by atoms with Gasteiger partial charge in [-0.1, -0.05) is 35.9 Å². The first kappa shape index (κ1) is 22.2. The number of ether oxygens (including phenoxy) is 1. The quantitative estimate of drug-likeness (QED) is 0.402. The standard InChI is InChI=1S/C24H26ClN7O2/c1-34-18-4-2-3-14(9-18)7-8-32-13-17(11-28-32)29-24-27-12-19(25)23(31-24)30-21-16-6-5-15(10-16)20(21)22(26)33/h2-6,9,11-13,15-16,20-21H,7-8,10H2,1H3,(H2,26,33)(H2,27,29,30,31)/t15-,16+,20+,21-/m1/s1. The van der Waals surface area contributed by atoms with Crippen molar-refractivity contribution in [3.8, 4) is 5.75 Å². The Labute approximate surface area is 202 Å². The fraction of sp³-hybridized carbons (Fsp3) is 0.333. The van der Waals surface area contributed by atoms with E-state index >= 15 is 0 Å². The molecule has 2 heterocycles. The molecule has 0 unspecified atom stereocenters. The van der Waals surface area contributed by atoms with E-state index in [0.717, 1.165) is 30.8 Å². The van der Waals surface area contributed by atoms with Crippen molar-refractivity contribution in [3.63, 3.8) is 0 Å². The molecular formula is C24H26ClN7O2. The van der Waals surface area contributed by atoms with Crippen molar-refractivity contribution >= 4 is 35.0 Å². The molecule has 4 N–H and O–H groups in total. The third kappa shape index (κ3) is 4.56. The van der Waals surface area contributed by atoms with E-state index in [4.69, 9.17) is 22.1 Å². The smallest absolute Gasteiger partial charge is 0.229 e. The normalized spacial score (nSPS) is 22.6. The molecule has 1 aromatic carbocycles. The van der Waals surface area contributed by atoms with Gasteiger partial charge in [-0.2, -0.15) is 10.1 Å². The molecule has 1 fully saturated rings. The van der Waals surface area contributed by atoms with Crippen molar-refractivity contribution < 1.29 is 9.53 Å². The number of methoxy groups -OCH3 is 1. The first-order valence-corrected chi connectivity index (χ1v) is 11.6. The number of amides is 1. The summed E-state index contributed by atoms with van der Waals surface area (Å²) in [5.74, 6) is 1.51. The van der Waals surface area contributed by atoms with E-state index in [-0.39, 0.29) is 29.7 Å². The van der Waals surface area contributed by atoms with Gasteiger partial charge in [0.2, 0.25) is 11.9 Å². The van der Waals surface area contributed by atoms with Gasteiger partial charge in [0, 0.05) is 18.8 Å². The van der Waals surface area contributed by atoms with E-state index < -0.39 is 0 Å². The van der Waals surface area contributed by atoms with Crippen molar-refractivity contribution in [3.05, 3.63) is 65.6 Å². The Balaban J connectivity index is 1.24. The largest absolute Gasteiger partial charge is 0.497 e. The second kappa shape index (κ2) is 9.34. The fourth-order valence-corrected chi connectivity index (χ4v) is 4.99. The maximum Gasteiger partial charge on any atom is 0.229 e. The van der Waals surface area contributed by atoms with Crippen molar-refractivity contribution in [1.82, 2.24) is 19.7 Å². The molecule has 0 spiro atoms. The lowest BCUT2D eigenvalue weighted by Crippen LogP contribution is -2.41. The number of aromatic nitrogens is 4. The number of allylic oxidation sites excluding steroid dienone is 1. The number of carbonyl (C=O) groups excluding carboxylic acids is 1. The van der Waals surface area contributed by atoms with Crippen LogP contribution in [0.25, 0.3) is 0 Å². The number of nitrogens with two attached hydrogens (primary N) is 1. The van der Waals surface area contributed by atoms with Crippen LogP contribution >= 0.6 is 11.6 Å². The highest BCUT2D eigenvalue weighted by atomic mass is 35.5. The Morgan fingerprint density at radius 3 is 2.97 bits per heavy atom. The van der Waals surface area contributed by atoms with Gasteiger partial charge in [-0.15, -0.1) is 0 Å². The molecule has 10 heteroatoms. The van der Waals surface area contributed by atoms with Crippen LogP contribution < -0.4 is 21.1 Å². The molecule has 2 aliphatic carbocycles. The molecule has 5 rings (SSSR count). The number of halogens is 1. The number of nitrogens with one attached hydrogen (secondary N) is 2. The van der Waals surface area contributed by atoms with Crippen LogP contribution in [0.4, 0.5) is 17.5 Å². The minimum absolute atomic E-state index is 0.132. The molecule has 2 aromatic heterocycles. The van der Waals surface area contributed by atoms with Crippen molar-refractivity contribution in [2.45, 2.75) is 25.4 Å². The Hall–Kier alpha value is -3.59. The summed E-state index contributed by atoms with van der Waals surface area (Å²) in [7, 11) is 1.66. The SMILES string of the molecule is COc1cccc(CCn2cc(Nc3ncc(Cl)c(N[C@H]4[C@@H](C(N)=O)[C@@H]5C=C[C@H]4C5)n3)cn2)c1. The Kier molecular flexibility index (Phi) is 6.10. The highest BCUT2D eigenvalue weighted by Crippen LogP contribution is 2.45. The summed E-state index contributed by atoms with van der Waals surface area (Å²) in [4.78, 5) is 20.8. The van der Waals surface area contributed by atoms with Crippen LogP contribution in [0, 0.1) is 17.8 Å². The first-order valence-electron chi connectivity index (χ1n) is 11.2. The fourth-order valence-electron chi connectivity index (χ4n) is 4.84. The molecule has 176 valence electrons. The highest BCUT2D eigenvalue weighted by molar-refractivity contribution is 6.32. The second-order valence-corrected chi connectivity index (χ2v) is 9.06. The number of fused-ring (bicyclic) bond motifs is 2. The van der Waals surface area contributed by atoms with Crippen molar-refractivity contribution in [2.24, 2.45) is 23.5 Å². The van der Waals surface area contributed by atoms with E-state index in [0.29, 0.717) is 16.8 Å². The number of nitrogens with zero attached hydrogens (tertiary/aromatic N) is 4. The van der Waals surface area contributed by atoms with E-state index in [1.165, 1.54) is 11.8 Å². The molecule has 4 atom stereocenters. The molecule has 0 radical (unpaired) electrons. The van der Waals surface area contributed by atoms with Gasteiger partial charge in [0.15, 0.2) is 5.82 Å². The van der Waals surface area contributed by atoms with Gasteiger partial charge < -0.3 is 21.1 Å². The summed E-state index contributed by atoms with van der Waals surface area (Å²) < 4.78 is 7.14. The van der Waals surface area contributed by atoms with Crippen LogP contribution in [0.2, 0.25) is 5.02 Å². The number of hydrogen-bond acceptors (Lipinski definition) is 7. The maximum absolute atomic E-state index is 12.0. The van der Waals surface area contributed by atoms with Crippen LogP contribution in [0.1, 0.15) is 12.0 Å². The number of benzene rings is 1. The van der Waals surface area contributed by atoms with Crippen LogP contribution in [0.15, 0.2) is 55.0 Å². The van der Waals surface area contributed by atoms with Gasteiger partial charge in [0.1, 0.15) is 10.8 Å². The van der Waals surface area contributed by atoms with E-state index in [1.54, 1.807) is 13.3 Å². The maximum atomic E-state index is 12.0. The molecule has 3 aromatic rings. The van der Waals surface area contributed by atoms with Crippen molar-refractivity contribution in [2.75, 3.05) is 17.7 Å². The molecule has 1 amide bonds. The summed E-state index contributed by atoms with van der Waals surface area (Å²) in [6.45, 7) is 0.718. The zero-order valence-electron chi connectivity index (χ0n) is 18.7. The molecule has 9 nitrogen and oxygen atoms in total. The van der Waals surface area contributed by atoms with Gasteiger partial charge in [-0.3, -0.25) is 9.48 Å². The zero-order valence-corrected chi connectivity index (χ0v) is 19.4. The summed E-state index contributed by atoms with van der Waals surface area (Å²) in [5.41, 5.74) is 7.60. The number of hydrogen-bond donors (Lipinski definition) is 3. The minimum Gasteiger partial charge on any atom is -0.497 e. The van der Waals surface area contributed by atoms with Crippen LogP contribution in [-0.2, 0) is 17.8 Å². The summed E-state index contributed by atoms with van der Waals surface area (Å²) in [6, 6.07) is 7.86. The summed E-state index contributed by atoms with van der Waals surface area (Å²) in [5, 5.41) is 11.3. The molecule has 2 aliphatic rings. The lowest BCUT2D eigenvalue weighted by molar-refractivity contribution is -0.122. The van der Waals surface area contributed by atoms with Gasteiger partial charge in [-0.05, 0) is 42.4 Å². The highest BCUT2D eigenvalue weighted by Gasteiger charge is 2.47. The zero-order chi connectivity index (χ0) is 23.7. The lowest BCUT2D eigenvalue weighted by Gasteiger charge is -2.27. The average molecular weight is 480 g/mol.